The summed E-state index contributed by atoms with van der Waals surface area (Å²) in [5, 5.41) is 2.59. The van der Waals surface area contributed by atoms with E-state index in [1.807, 2.05) is 37.8 Å². The summed E-state index contributed by atoms with van der Waals surface area (Å²) in [6.07, 6.45) is -0.297. The van der Waals surface area contributed by atoms with E-state index in [-0.39, 0.29) is 12.0 Å². The second kappa shape index (κ2) is 8.75. The molecule has 1 aliphatic rings. The lowest BCUT2D eigenvalue weighted by molar-refractivity contribution is 0.0186. The summed E-state index contributed by atoms with van der Waals surface area (Å²) in [6.45, 7) is 8.32. The standard InChI is InChI=1S/C19H29N5O3/c1-19(2,3)27-18(26)24-11-9-23(10-12-24)17(20)22-13-14-5-7-15(8-6-14)16(25)21-4/h5-8H,9-13H2,1-4H3,(H2,20,22)(H,21,25). The molecule has 0 spiro atoms. The van der Waals surface area contributed by atoms with Gasteiger partial charge in [-0.3, -0.25) is 4.79 Å². The number of guanidine groups is 1. The topological polar surface area (TPSA) is 100 Å². The Kier molecular flexibility index (Phi) is 6.65. The van der Waals surface area contributed by atoms with Gasteiger partial charge >= 0.3 is 6.09 Å². The molecule has 8 nitrogen and oxygen atoms in total. The van der Waals surface area contributed by atoms with E-state index in [2.05, 4.69) is 10.3 Å². The highest BCUT2D eigenvalue weighted by Crippen LogP contribution is 2.12. The SMILES string of the molecule is CNC(=O)c1ccc(CN=C(N)N2CCN(C(=O)OC(C)(C)C)CC2)cc1. The first-order valence-corrected chi connectivity index (χ1v) is 9.03. The minimum atomic E-state index is -0.498. The number of nitrogens with zero attached hydrogens (tertiary/aromatic N) is 3. The zero-order valence-electron chi connectivity index (χ0n) is 16.5. The third-order valence-electron chi connectivity index (χ3n) is 4.12. The molecule has 0 radical (unpaired) electrons. The van der Waals surface area contributed by atoms with Crippen molar-refractivity contribution in [3.8, 4) is 0 Å². The highest BCUT2D eigenvalue weighted by Gasteiger charge is 2.26. The van der Waals surface area contributed by atoms with Crippen molar-refractivity contribution in [1.29, 1.82) is 0 Å². The van der Waals surface area contributed by atoms with Crippen LogP contribution in [0, 0.1) is 0 Å². The Labute approximate surface area is 160 Å². The number of benzene rings is 1. The summed E-state index contributed by atoms with van der Waals surface area (Å²) in [7, 11) is 1.60. The molecule has 27 heavy (non-hydrogen) atoms. The number of amides is 2. The van der Waals surface area contributed by atoms with E-state index in [1.165, 1.54) is 0 Å². The quantitative estimate of drug-likeness (QED) is 0.615. The molecule has 0 aromatic heterocycles. The van der Waals surface area contributed by atoms with Gasteiger partial charge in [0.2, 0.25) is 0 Å². The summed E-state index contributed by atoms with van der Waals surface area (Å²) in [4.78, 5) is 31.7. The van der Waals surface area contributed by atoms with Crippen LogP contribution in [0.1, 0.15) is 36.7 Å². The molecule has 1 heterocycles. The van der Waals surface area contributed by atoms with Crippen molar-refractivity contribution in [1.82, 2.24) is 15.1 Å². The van der Waals surface area contributed by atoms with Gasteiger partial charge in [0.25, 0.3) is 5.91 Å². The van der Waals surface area contributed by atoms with Gasteiger partial charge in [0.05, 0.1) is 6.54 Å². The summed E-state index contributed by atoms with van der Waals surface area (Å²) < 4.78 is 5.39. The number of carbonyl (C=O) groups is 2. The largest absolute Gasteiger partial charge is 0.444 e. The molecule has 0 saturated carbocycles. The fourth-order valence-electron chi connectivity index (χ4n) is 2.62. The molecule has 1 aromatic carbocycles. The number of hydrogen-bond donors (Lipinski definition) is 2. The summed E-state index contributed by atoms with van der Waals surface area (Å²) in [6, 6.07) is 7.25. The van der Waals surface area contributed by atoms with Gasteiger partial charge in [0, 0.05) is 38.8 Å². The molecule has 8 heteroatoms. The molecule has 0 atom stereocenters. The van der Waals surface area contributed by atoms with Crippen LogP contribution in [0.5, 0.6) is 0 Å². The van der Waals surface area contributed by atoms with Crippen molar-refractivity contribution < 1.29 is 14.3 Å². The number of carbonyl (C=O) groups excluding carboxylic acids is 2. The van der Waals surface area contributed by atoms with Gasteiger partial charge in [-0.1, -0.05) is 12.1 Å². The van der Waals surface area contributed by atoms with Crippen LogP contribution in [0.3, 0.4) is 0 Å². The van der Waals surface area contributed by atoms with Crippen LogP contribution >= 0.6 is 0 Å². The minimum Gasteiger partial charge on any atom is -0.444 e. The highest BCUT2D eigenvalue weighted by atomic mass is 16.6. The molecule has 1 aliphatic heterocycles. The van der Waals surface area contributed by atoms with Gasteiger partial charge in [-0.2, -0.15) is 0 Å². The molecule has 2 amide bonds. The van der Waals surface area contributed by atoms with E-state index < -0.39 is 5.60 Å². The zero-order chi connectivity index (χ0) is 20.0. The lowest BCUT2D eigenvalue weighted by Crippen LogP contribution is -2.53. The van der Waals surface area contributed by atoms with E-state index in [4.69, 9.17) is 10.5 Å². The molecule has 1 saturated heterocycles. The van der Waals surface area contributed by atoms with Crippen LogP contribution in [-0.2, 0) is 11.3 Å². The second-order valence-corrected chi connectivity index (χ2v) is 7.40. The van der Waals surface area contributed by atoms with Gasteiger partial charge in [0.15, 0.2) is 5.96 Å². The maximum atomic E-state index is 12.1. The van der Waals surface area contributed by atoms with Crippen LogP contribution in [0.2, 0.25) is 0 Å². The number of hydrogen-bond acceptors (Lipinski definition) is 4. The molecule has 1 aromatic rings. The second-order valence-electron chi connectivity index (χ2n) is 7.40. The predicted octanol–water partition coefficient (Wildman–Crippen LogP) is 1.41. The number of ether oxygens (including phenoxy) is 1. The Morgan fingerprint density at radius 1 is 1.11 bits per heavy atom. The number of rotatable bonds is 3. The molecular weight excluding hydrogens is 346 g/mol. The Morgan fingerprint density at radius 3 is 2.19 bits per heavy atom. The van der Waals surface area contributed by atoms with Crippen molar-refractivity contribution in [2.24, 2.45) is 10.7 Å². The van der Waals surface area contributed by atoms with E-state index in [1.54, 1.807) is 24.1 Å². The van der Waals surface area contributed by atoms with E-state index >= 15 is 0 Å². The molecule has 3 N–H and O–H groups in total. The number of nitrogens with one attached hydrogen (secondary N) is 1. The maximum Gasteiger partial charge on any atom is 0.410 e. The van der Waals surface area contributed by atoms with Crippen LogP contribution in [0.25, 0.3) is 0 Å². The molecule has 148 valence electrons. The maximum absolute atomic E-state index is 12.1. The Morgan fingerprint density at radius 2 is 1.67 bits per heavy atom. The van der Waals surface area contributed by atoms with Crippen molar-refractivity contribution >= 4 is 18.0 Å². The van der Waals surface area contributed by atoms with Gasteiger partial charge < -0.3 is 25.6 Å². The summed E-state index contributed by atoms with van der Waals surface area (Å²) >= 11 is 0. The van der Waals surface area contributed by atoms with Crippen molar-refractivity contribution in [2.45, 2.75) is 32.9 Å². The first-order chi connectivity index (χ1) is 12.7. The number of piperazine rings is 1. The van der Waals surface area contributed by atoms with Crippen molar-refractivity contribution in [3.05, 3.63) is 35.4 Å². The first-order valence-electron chi connectivity index (χ1n) is 9.03. The predicted molar refractivity (Wildman–Crippen MR) is 105 cm³/mol. The Bertz CT molecular complexity index is 686. The fourth-order valence-corrected chi connectivity index (χ4v) is 2.62. The average Bonchev–Trinajstić information content (AvgIpc) is 2.64. The van der Waals surface area contributed by atoms with E-state index in [9.17, 15) is 9.59 Å². The molecule has 0 aliphatic carbocycles. The van der Waals surface area contributed by atoms with Gasteiger partial charge in [-0.05, 0) is 38.5 Å². The Hall–Kier alpha value is -2.77. The van der Waals surface area contributed by atoms with Crippen LogP contribution in [0.4, 0.5) is 4.79 Å². The normalized spacial score (nSPS) is 15.5. The van der Waals surface area contributed by atoms with Crippen molar-refractivity contribution in [3.63, 3.8) is 0 Å². The van der Waals surface area contributed by atoms with Gasteiger partial charge in [-0.15, -0.1) is 0 Å². The zero-order valence-corrected chi connectivity index (χ0v) is 16.5. The third-order valence-corrected chi connectivity index (χ3v) is 4.12. The van der Waals surface area contributed by atoms with Crippen molar-refractivity contribution in [2.75, 3.05) is 33.2 Å². The molecule has 0 bridgehead atoms. The average molecular weight is 375 g/mol. The van der Waals surface area contributed by atoms with Crippen LogP contribution in [-0.4, -0.2) is 66.6 Å². The molecular formula is C19H29N5O3. The minimum absolute atomic E-state index is 0.118. The first kappa shape index (κ1) is 20.5. The number of nitrogens with two attached hydrogens (primary N) is 1. The lowest BCUT2D eigenvalue weighted by Gasteiger charge is -2.36. The monoisotopic (exact) mass is 375 g/mol. The van der Waals surface area contributed by atoms with Gasteiger partial charge in [-0.25, -0.2) is 9.79 Å². The fraction of sp³-hybridized carbons (Fsp3) is 0.526. The van der Waals surface area contributed by atoms with Crippen LogP contribution in [0.15, 0.2) is 29.3 Å². The van der Waals surface area contributed by atoms with E-state index in [0.717, 1.165) is 5.56 Å². The summed E-state index contributed by atoms with van der Waals surface area (Å²) in [5.41, 5.74) is 7.18. The molecule has 2 rings (SSSR count). The highest BCUT2D eigenvalue weighted by molar-refractivity contribution is 5.93. The lowest BCUT2D eigenvalue weighted by atomic mass is 10.1. The summed E-state index contributed by atoms with van der Waals surface area (Å²) in [5.74, 6) is 0.335. The van der Waals surface area contributed by atoms with Gasteiger partial charge in [0.1, 0.15) is 5.60 Å². The Balaban J connectivity index is 1.85. The molecule has 0 unspecified atom stereocenters. The third kappa shape index (κ3) is 6.16. The number of aliphatic imine (C=N–C) groups is 1. The van der Waals surface area contributed by atoms with Crippen LogP contribution < -0.4 is 11.1 Å². The smallest absolute Gasteiger partial charge is 0.410 e. The van der Waals surface area contributed by atoms with E-state index in [0.29, 0.717) is 44.2 Å². The molecule has 1 fully saturated rings.